The van der Waals surface area contributed by atoms with Gasteiger partial charge < -0.3 is 11.1 Å². The number of aryl methyl sites for hydroxylation is 2. The molecule has 104 valence electrons. The Labute approximate surface area is 124 Å². The number of nitrogens with two attached hydrogens (primary N) is 1. The topological polar surface area (TPSA) is 50.9 Å². The van der Waals surface area contributed by atoms with Crippen LogP contribution in [0.15, 0.2) is 6.07 Å². The Morgan fingerprint density at radius 2 is 2.21 bits per heavy atom. The van der Waals surface area contributed by atoms with Crippen molar-refractivity contribution in [2.24, 2.45) is 5.73 Å². The summed E-state index contributed by atoms with van der Waals surface area (Å²) in [5.41, 5.74) is 9.64. The maximum absolute atomic E-state index is 5.83. The van der Waals surface area contributed by atoms with Gasteiger partial charge in [0.1, 0.15) is 4.99 Å². The highest BCUT2D eigenvalue weighted by Crippen LogP contribution is 2.42. The zero-order valence-electron chi connectivity index (χ0n) is 11.7. The van der Waals surface area contributed by atoms with E-state index in [0.717, 1.165) is 29.2 Å². The first kappa shape index (κ1) is 14.6. The number of aromatic nitrogens is 1. The second-order valence-electron chi connectivity index (χ2n) is 5.23. The minimum absolute atomic E-state index is 0.387. The molecule has 1 aromatic heterocycles. The van der Waals surface area contributed by atoms with Crippen molar-refractivity contribution in [3.05, 3.63) is 23.0 Å². The van der Waals surface area contributed by atoms with Crippen LogP contribution in [0.2, 0.25) is 0 Å². The highest BCUT2D eigenvalue weighted by Gasteiger charge is 2.36. The Morgan fingerprint density at radius 3 is 2.68 bits per heavy atom. The first-order valence-electron chi connectivity index (χ1n) is 6.54. The largest absolute Gasteiger partial charge is 0.389 e. The van der Waals surface area contributed by atoms with Gasteiger partial charge in [0.15, 0.2) is 0 Å². The third-order valence-electron chi connectivity index (χ3n) is 3.87. The van der Waals surface area contributed by atoms with Crippen LogP contribution in [-0.2, 0) is 0 Å². The predicted octanol–water partition coefficient (Wildman–Crippen LogP) is 3.03. The van der Waals surface area contributed by atoms with Crippen LogP contribution in [0.1, 0.15) is 36.2 Å². The van der Waals surface area contributed by atoms with Crippen LogP contribution >= 0.6 is 24.0 Å². The van der Waals surface area contributed by atoms with Crippen LogP contribution in [0.4, 0.5) is 5.69 Å². The summed E-state index contributed by atoms with van der Waals surface area (Å²) < 4.78 is 0.387. The molecular weight excluding hydrogens is 274 g/mol. The van der Waals surface area contributed by atoms with Crippen molar-refractivity contribution in [2.75, 3.05) is 18.1 Å². The summed E-state index contributed by atoms with van der Waals surface area (Å²) in [5.74, 6) is 0. The van der Waals surface area contributed by atoms with Crippen molar-refractivity contribution in [3.63, 3.8) is 0 Å². The van der Waals surface area contributed by atoms with Gasteiger partial charge in [-0.25, -0.2) is 0 Å². The van der Waals surface area contributed by atoms with E-state index in [1.165, 1.54) is 19.3 Å². The standard InChI is InChI=1S/C14H21N3S2/c1-9-7-11(12(13(15)18)10(2)17-9)16-8-14(19-3)5-4-6-14/h7H,4-6,8H2,1-3H3,(H2,15,18)(H,16,17). The molecule has 5 heteroatoms. The molecule has 3 N–H and O–H groups in total. The van der Waals surface area contributed by atoms with Gasteiger partial charge in [-0.05, 0) is 39.0 Å². The first-order chi connectivity index (χ1) is 8.97. The lowest BCUT2D eigenvalue weighted by molar-refractivity contribution is 0.380. The lowest BCUT2D eigenvalue weighted by Gasteiger charge is -2.41. The number of hydrogen-bond acceptors (Lipinski definition) is 4. The molecule has 0 saturated heterocycles. The van der Waals surface area contributed by atoms with Gasteiger partial charge in [0.25, 0.3) is 0 Å². The molecule has 1 saturated carbocycles. The van der Waals surface area contributed by atoms with Crippen LogP contribution in [0.3, 0.4) is 0 Å². The predicted molar refractivity (Wildman–Crippen MR) is 88.2 cm³/mol. The van der Waals surface area contributed by atoms with Crippen LogP contribution in [0.25, 0.3) is 0 Å². The average Bonchev–Trinajstić information content (AvgIpc) is 2.26. The number of pyridine rings is 1. The molecule has 0 radical (unpaired) electrons. The number of rotatable bonds is 5. The molecule has 19 heavy (non-hydrogen) atoms. The summed E-state index contributed by atoms with van der Waals surface area (Å²) in [7, 11) is 0. The van der Waals surface area contributed by atoms with E-state index in [2.05, 4.69) is 16.6 Å². The van der Waals surface area contributed by atoms with E-state index in [-0.39, 0.29) is 0 Å². The van der Waals surface area contributed by atoms with Gasteiger partial charge in [-0.3, -0.25) is 4.98 Å². The minimum atomic E-state index is 0.387. The van der Waals surface area contributed by atoms with Gasteiger partial charge in [0.05, 0.1) is 5.56 Å². The normalized spacial score (nSPS) is 16.8. The SMILES string of the molecule is CSC1(CNc2cc(C)nc(C)c2C(N)=S)CCC1. The third kappa shape index (κ3) is 3.03. The highest BCUT2D eigenvalue weighted by atomic mass is 32.2. The fourth-order valence-electron chi connectivity index (χ4n) is 2.56. The molecule has 2 rings (SSSR count). The molecule has 1 aliphatic carbocycles. The smallest absolute Gasteiger partial charge is 0.107 e. The van der Waals surface area contributed by atoms with Crippen molar-refractivity contribution < 1.29 is 0 Å². The fourth-order valence-corrected chi connectivity index (χ4v) is 3.73. The Kier molecular flexibility index (Phi) is 4.36. The molecule has 3 nitrogen and oxygen atoms in total. The first-order valence-corrected chi connectivity index (χ1v) is 8.18. The zero-order chi connectivity index (χ0) is 14.0. The van der Waals surface area contributed by atoms with Crippen molar-refractivity contribution in [2.45, 2.75) is 37.9 Å². The summed E-state index contributed by atoms with van der Waals surface area (Å²) in [4.78, 5) is 4.86. The molecule has 0 aromatic carbocycles. The molecule has 1 aliphatic rings. The second kappa shape index (κ2) is 5.67. The second-order valence-corrected chi connectivity index (χ2v) is 6.94. The van der Waals surface area contributed by atoms with E-state index >= 15 is 0 Å². The van der Waals surface area contributed by atoms with E-state index in [1.807, 2.05) is 31.7 Å². The maximum atomic E-state index is 5.83. The van der Waals surface area contributed by atoms with Crippen molar-refractivity contribution in [1.82, 2.24) is 4.98 Å². The lowest BCUT2D eigenvalue weighted by atomic mass is 9.84. The lowest BCUT2D eigenvalue weighted by Crippen LogP contribution is -2.40. The number of anilines is 1. The van der Waals surface area contributed by atoms with Crippen molar-refractivity contribution in [1.29, 1.82) is 0 Å². The Hall–Kier alpha value is -0.810. The molecule has 1 aromatic rings. The number of thiocarbonyl (C=S) groups is 1. The van der Waals surface area contributed by atoms with E-state index < -0.39 is 0 Å². The summed E-state index contributed by atoms with van der Waals surface area (Å²) in [5, 5.41) is 3.54. The summed E-state index contributed by atoms with van der Waals surface area (Å²) >= 11 is 7.11. The molecule has 0 bridgehead atoms. The van der Waals surface area contributed by atoms with Crippen LogP contribution in [0, 0.1) is 13.8 Å². The third-order valence-corrected chi connectivity index (χ3v) is 5.50. The van der Waals surface area contributed by atoms with E-state index in [9.17, 15) is 0 Å². The molecule has 1 heterocycles. The molecule has 0 aliphatic heterocycles. The van der Waals surface area contributed by atoms with Crippen LogP contribution < -0.4 is 11.1 Å². The van der Waals surface area contributed by atoms with Crippen LogP contribution in [-0.4, -0.2) is 27.5 Å². The van der Waals surface area contributed by atoms with Gasteiger partial charge >= 0.3 is 0 Å². The Bertz CT molecular complexity index is 490. The van der Waals surface area contributed by atoms with E-state index in [1.54, 1.807) is 0 Å². The van der Waals surface area contributed by atoms with Gasteiger partial charge in [-0.1, -0.05) is 18.6 Å². The van der Waals surface area contributed by atoms with E-state index in [0.29, 0.717) is 9.74 Å². The molecule has 0 unspecified atom stereocenters. The number of thioether (sulfide) groups is 1. The van der Waals surface area contributed by atoms with Gasteiger partial charge in [0.2, 0.25) is 0 Å². The minimum Gasteiger partial charge on any atom is -0.389 e. The summed E-state index contributed by atoms with van der Waals surface area (Å²) in [6, 6.07) is 2.04. The van der Waals surface area contributed by atoms with Crippen molar-refractivity contribution in [3.8, 4) is 0 Å². The van der Waals surface area contributed by atoms with E-state index in [4.69, 9.17) is 18.0 Å². The molecule has 0 amide bonds. The molecular formula is C14H21N3S2. The monoisotopic (exact) mass is 295 g/mol. The number of nitrogens with zero attached hydrogens (tertiary/aromatic N) is 1. The number of nitrogens with one attached hydrogen (secondary N) is 1. The Balaban J connectivity index is 2.21. The fraction of sp³-hybridized carbons (Fsp3) is 0.571. The molecule has 1 fully saturated rings. The van der Waals surface area contributed by atoms with Crippen LogP contribution in [0.5, 0.6) is 0 Å². The van der Waals surface area contributed by atoms with Crippen molar-refractivity contribution >= 4 is 34.7 Å². The summed E-state index contributed by atoms with van der Waals surface area (Å²) in [6.07, 6.45) is 6.09. The quantitative estimate of drug-likeness (QED) is 0.818. The molecule has 0 atom stereocenters. The Morgan fingerprint density at radius 1 is 1.53 bits per heavy atom. The summed E-state index contributed by atoms with van der Waals surface area (Å²) in [6.45, 7) is 4.92. The van der Waals surface area contributed by atoms with Gasteiger partial charge in [-0.2, -0.15) is 11.8 Å². The average molecular weight is 295 g/mol. The van der Waals surface area contributed by atoms with Gasteiger partial charge in [-0.15, -0.1) is 0 Å². The zero-order valence-corrected chi connectivity index (χ0v) is 13.4. The maximum Gasteiger partial charge on any atom is 0.107 e. The van der Waals surface area contributed by atoms with Gasteiger partial charge in [0, 0.05) is 28.4 Å². The highest BCUT2D eigenvalue weighted by molar-refractivity contribution is 8.00. The number of hydrogen-bond donors (Lipinski definition) is 2. The molecule has 0 spiro atoms.